The van der Waals surface area contributed by atoms with Crippen LogP contribution in [0.4, 0.5) is 5.82 Å². The molecule has 2 rings (SSSR count). The monoisotopic (exact) mass is 294 g/mol. The molecular weight excluding hydrogens is 284 g/mol. The molecule has 1 amide bonds. The van der Waals surface area contributed by atoms with Crippen LogP contribution in [0.2, 0.25) is 0 Å². The first-order valence-electron chi connectivity index (χ1n) is 5.12. The van der Waals surface area contributed by atoms with Gasteiger partial charge in [-0.25, -0.2) is 0 Å². The topological polar surface area (TPSA) is 55.1 Å². The third kappa shape index (κ3) is 3.17. The normalized spacial score (nSPS) is 10.2. The Balaban J connectivity index is 2.01. The molecule has 88 valence electrons. The van der Waals surface area contributed by atoms with Gasteiger partial charge in [0.15, 0.2) is 5.82 Å². The number of carbonyl (C=O) groups is 1. The third-order valence-corrected chi connectivity index (χ3v) is 2.98. The third-order valence-electron chi connectivity index (χ3n) is 2.20. The van der Waals surface area contributed by atoms with Gasteiger partial charge < -0.3 is 9.84 Å². The van der Waals surface area contributed by atoms with Gasteiger partial charge in [0.25, 0.3) is 0 Å². The number of aromatic nitrogens is 1. The number of hydrogen-bond donors (Lipinski definition) is 1. The molecule has 4 nitrogen and oxygen atoms in total. The van der Waals surface area contributed by atoms with Crippen molar-refractivity contribution in [3.63, 3.8) is 0 Å². The van der Waals surface area contributed by atoms with Gasteiger partial charge >= 0.3 is 0 Å². The van der Waals surface area contributed by atoms with Gasteiger partial charge in [0, 0.05) is 10.5 Å². The molecule has 2 aromatic rings. The van der Waals surface area contributed by atoms with Crippen molar-refractivity contribution in [3.8, 4) is 0 Å². The second-order valence-corrected chi connectivity index (χ2v) is 4.49. The lowest BCUT2D eigenvalue weighted by atomic mass is 10.1. The molecule has 0 saturated carbocycles. The van der Waals surface area contributed by atoms with E-state index < -0.39 is 0 Å². The summed E-state index contributed by atoms with van der Waals surface area (Å²) in [5.41, 5.74) is 0.935. The number of nitrogens with one attached hydrogen (secondary N) is 1. The van der Waals surface area contributed by atoms with Crippen LogP contribution in [0.3, 0.4) is 0 Å². The van der Waals surface area contributed by atoms with E-state index >= 15 is 0 Å². The Morgan fingerprint density at radius 2 is 2.24 bits per heavy atom. The molecule has 5 heteroatoms. The van der Waals surface area contributed by atoms with E-state index in [1.54, 1.807) is 13.0 Å². The second-order valence-electron chi connectivity index (χ2n) is 3.64. The van der Waals surface area contributed by atoms with Crippen LogP contribution < -0.4 is 5.32 Å². The average molecular weight is 295 g/mol. The first-order valence-corrected chi connectivity index (χ1v) is 5.91. The number of carbonyl (C=O) groups excluding carboxylic acids is 1. The van der Waals surface area contributed by atoms with Gasteiger partial charge in [0.05, 0.1) is 6.42 Å². The molecule has 0 fully saturated rings. The minimum absolute atomic E-state index is 0.120. The first-order chi connectivity index (χ1) is 8.15. The second kappa shape index (κ2) is 5.14. The molecule has 1 aromatic carbocycles. The van der Waals surface area contributed by atoms with Gasteiger partial charge in [0.1, 0.15) is 5.76 Å². The van der Waals surface area contributed by atoms with Crippen LogP contribution >= 0.6 is 15.9 Å². The standard InChI is InChI=1S/C12H11BrN2O2/c1-8-6-11(15-17-8)14-12(16)7-9-4-2-3-5-10(9)13/h2-6H,7H2,1H3,(H,14,15,16). The fourth-order valence-corrected chi connectivity index (χ4v) is 1.85. The number of amides is 1. The van der Waals surface area contributed by atoms with Crippen LogP contribution in [0.1, 0.15) is 11.3 Å². The Morgan fingerprint density at radius 1 is 1.47 bits per heavy atom. The smallest absolute Gasteiger partial charge is 0.230 e. The fourth-order valence-electron chi connectivity index (χ4n) is 1.43. The largest absolute Gasteiger partial charge is 0.360 e. The zero-order chi connectivity index (χ0) is 12.3. The minimum atomic E-state index is -0.120. The van der Waals surface area contributed by atoms with E-state index in [-0.39, 0.29) is 5.91 Å². The molecular formula is C12H11BrN2O2. The molecule has 0 aliphatic rings. The van der Waals surface area contributed by atoms with Gasteiger partial charge in [-0.05, 0) is 18.6 Å². The molecule has 0 radical (unpaired) electrons. The van der Waals surface area contributed by atoms with E-state index in [2.05, 4.69) is 26.4 Å². The minimum Gasteiger partial charge on any atom is -0.360 e. The lowest BCUT2D eigenvalue weighted by Gasteiger charge is -2.03. The molecule has 0 aliphatic carbocycles. The lowest BCUT2D eigenvalue weighted by Crippen LogP contribution is -2.14. The van der Waals surface area contributed by atoms with Gasteiger partial charge in [-0.3, -0.25) is 4.79 Å². The van der Waals surface area contributed by atoms with E-state index in [0.717, 1.165) is 10.0 Å². The predicted octanol–water partition coefficient (Wildman–Crippen LogP) is 2.93. The summed E-state index contributed by atoms with van der Waals surface area (Å²) in [7, 11) is 0. The number of nitrogens with zero attached hydrogens (tertiary/aromatic N) is 1. The zero-order valence-electron chi connectivity index (χ0n) is 9.24. The summed E-state index contributed by atoms with van der Waals surface area (Å²) in [4.78, 5) is 11.7. The van der Waals surface area contributed by atoms with Gasteiger partial charge in [-0.1, -0.05) is 39.3 Å². The van der Waals surface area contributed by atoms with Crippen molar-refractivity contribution >= 4 is 27.7 Å². The molecule has 0 saturated heterocycles. The van der Waals surface area contributed by atoms with Crippen LogP contribution in [0, 0.1) is 6.92 Å². The van der Waals surface area contributed by atoms with Gasteiger partial charge in [0.2, 0.25) is 5.91 Å². The number of benzene rings is 1. The Bertz CT molecular complexity index is 537. The maximum atomic E-state index is 11.7. The van der Waals surface area contributed by atoms with Crippen molar-refractivity contribution in [1.29, 1.82) is 0 Å². The van der Waals surface area contributed by atoms with E-state index in [4.69, 9.17) is 4.52 Å². The van der Waals surface area contributed by atoms with Crippen molar-refractivity contribution in [2.24, 2.45) is 0 Å². The summed E-state index contributed by atoms with van der Waals surface area (Å²) in [5.74, 6) is 0.992. The quantitative estimate of drug-likeness (QED) is 0.947. The maximum absolute atomic E-state index is 11.7. The maximum Gasteiger partial charge on any atom is 0.230 e. The zero-order valence-corrected chi connectivity index (χ0v) is 10.8. The van der Waals surface area contributed by atoms with Gasteiger partial charge in [-0.2, -0.15) is 0 Å². The highest BCUT2D eigenvalue weighted by molar-refractivity contribution is 9.10. The van der Waals surface area contributed by atoms with Crippen molar-refractivity contribution < 1.29 is 9.32 Å². The SMILES string of the molecule is Cc1cc(NC(=O)Cc2ccccc2Br)no1. The average Bonchev–Trinajstić information content (AvgIpc) is 2.67. The number of hydrogen-bond acceptors (Lipinski definition) is 3. The highest BCUT2D eigenvalue weighted by Crippen LogP contribution is 2.17. The molecule has 1 heterocycles. The summed E-state index contributed by atoms with van der Waals surface area (Å²) in [6, 6.07) is 9.29. The molecule has 0 aliphatic heterocycles. The number of rotatable bonds is 3. The van der Waals surface area contributed by atoms with Crippen LogP contribution in [-0.4, -0.2) is 11.1 Å². The molecule has 1 aromatic heterocycles. The molecule has 0 unspecified atom stereocenters. The Kier molecular flexibility index (Phi) is 3.58. The summed E-state index contributed by atoms with van der Waals surface area (Å²) in [5, 5.41) is 6.37. The predicted molar refractivity (Wildman–Crippen MR) is 67.7 cm³/mol. The number of halogens is 1. The molecule has 0 bridgehead atoms. The van der Waals surface area contributed by atoms with Crippen LogP contribution in [-0.2, 0) is 11.2 Å². The van der Waals surface area contributed by atoms with Crippen molar-refractivity contribution in [1.82, 2.24) is 5.16 Å². The Labute approximate surface area is 107 Å². The van der Waals surface area contributed by atoms with Crippen molar-refractivity contribution in [2.75, 3.05) is 5.32 Å². The van der Waals surface area contributed by atoms with Crippen LogP contribution in [0.5, 0.6) is 0 Å². The Hall–Kier alpha value is -1.62. The van der Waals surface area contributed by atoms with Gasteiger partial charge in [-0.15, -0.1) is 0 Å². The van der Waals surface area contributed by atoms with E-state index in [9.17, 15) is 4.79 Å². The lowest BCUT2D eigenvalue weighted by molar-refractivity contribution is -0.115. The highest BCUT2D eigenvalue weighted by atomic mass is 79.9. The van der Waals surface area contributed by atoms with Crippen LogP contribution in [0.15, 0.2) is 39.3 Å². The Morgan fingerprint density at radius 3 is 2.88 bits per heavy atom. The van der Waals surface area contributed by atoms with Crippen LogP contribution in [0.25, 0.3) is 0 Å². The molecule has 0 spiro atoms. The highest BCUT2D eigenvalue weighted by Gasteiger charge is 2.08. The van der Waals surface area contributed by atoms with Crippen molar-refractivity contribution in [3.05, 3.63) is 46.1 Å². The number of anilines is 1. The summed E-state index contributed by atoms with van der Waals surface area (Å²) < 4.78 is 5.79. The van der Waals surface area contributed by atoms with Crippen molar-refractivity contribution in [2.45, 2.75) is 13.3 Å². The molecule has 0 atom stereocenters. The fraction of sp³-hybridized carbons (Fsp3) is 0.167. The summed E-state index contributed by atoms with van der Waals surface area (Å²) in [6.07, 6.45) is 0.299. The summed E-state index contributed by atoms with van der Waals surface area (Å²) >= 11 is 3.40. The summed E-state index contributed by atoms with van der Waals surface area (Å²) in [6.45, 7) is 1.77. The molecule has 17 heavy (non-hydrogen) atoms. The van der Waals surface area contributed by atoms with E-state index in [1.165, 1.54) is 0 Å². The van der Waals surface area contributed by atoms with E-state index in [1.807, 2.05) is 24.3 Å². The first kappa shape index (κ1) is 11.9. The number of aryl methyl sites for hydroxylation is 1. The van der Waals surface area contributed by atoms with E-state index in [0.29, 0.717) is 18.0 Å². The molecule has 1 N–H and O–H groups in total.